The van der Waals surface area contributed by atoms with Gasteiger partial charge in [0, 0.05) is 0 Å². The Morgan fingerprint density at radius 1 is 1.21 bits per heavy atom. The minimum Gasteiger partial charge on any atom is -0.369 e. The van der Waals surface area contributed by atoms with E-state index in [1.807, 2.05) is 0 Å². The molecule has 1 atom stereocenters. The highest BCUT2D eigenvalue weighted by Crippen LogP contribution is 2.30. The highest BCUT2D eigenvalue weighted by Gasteiger charge is 2.33. The van der Waals surface area contributed by atoms with Crippen molar-refractivity contribution in [2.24, 2.45) is 11.7 Å². The molecule has 0 aliphatic heterocycles. The molecule has 0 rings (SSSR count). The van der Waals surface area contributed by atoms with Gasteiger partial charge in [-0.2, -0.15) is 0 Å². The molecule has 2 N–H and O–H groups in total. The molecule has 0 saturated heterocycles. The van der Waals surface area contributed by atoms with Crippen molar-refractivity contribution in [1.29, 1.82) is 0 Å². The van der Waals surface area contributed by atoms with Crippen LogP contribution in [0.3, 0.4) is 0 Å². The number of ether oxygens (including phenoxy) is 1. The Morgan fingerprint density at radius 3 is 2.00 bits per heavy atom. The molecule has 0 aliphatic rings. The second-order valence-electron chi connectivity index (χ2n) is 5.20. The number of hydrogen-bond acceptors (Lipinski definition) is 2. The molecule has 0 aliphatic carbocycles. The minimum absolute atomic E-state index is 0.0669. The molecule has 0 amide bonds. The van der Waals surface area contributed by atoms with Crippen molar-refractivity contribution in [3.63, 3.8) is 0 Å². The largest absolute Gasteiger partial charge is 0.369 e. The van der Waals surface area contributed by atoms with Crippen LogP contribution < -0.4 is 5.73 Å². The molecule has 2 heteroatoms. The zero-order chi connectivity index (χ0) is 11.4. The second kappa shape index (κ2) is 5.13. The Labute approximate surface area is 89.2 Å². The molecular weight excluding hydrogens is 174 g/mol. The normalized spacial score (nSPS) is 17.1. The molecule has 2 nitrogen and oxygen atoms in total. The van der Waals surface area contributed by atoms with E-state index in [2.05, 4.69) is 41.5 Å². The maximum atomic E-state index is 6.20. The summed E-state index contributed by atoms with van der Waals surface area (Å²) in [6, 6.07) is 0. The Bertz CT molecular complexity index is 166. The van der Waals surface area contributed by atoms with Gasteiger partial charge in [0.15, 0.2) is 0 Å². The molecule has 0 aromatic rings. The molecule has 1 unspecified atom stereocenters. The SMILES string of the molecule is CCC(C)(CCN)OC(C)(C)C(C)C. The standard InChI is InChI=1S/C12H27NO/c1-7-12(6,8-9-13)14-11(4,5)10(2)3/h10H,7-9,13H2,1-6H3. The first-order valence-corrected chi connectivity index (χ1v) is 5.67. The summed E-state index contributed by atoms with van der Waals surface area (Å²) in [5.41, 5.74) is 5.47. The summed E-state index contributed by atoms with van der Waals surface area (Å²) in [5.74, 6) is 0.520. The Morgan fingerprint density at radius 2 is 1.71 bits per heavy atom. The molecule has 0 aromatic carbocycles. The van der Waals surface area contributed by atoms with Gasteiger partial charge >= 0.3 is 0 Å². The second-order valence-corrected chi connectivity index (χ2v) is 5.20. The van der Waals surface area contributed by atoms with E-state index >= 15 is 0 Å². The van der Waals surface area contributed by atoms with Crippen molar-refractivity contribution in [3.8, 4) is 0 Å². The maximum absolute atomic E-state index is 6.20. The van der Waals surface area contributed by atoms with Gasteiger partial charge in [-0.15, -0.1) is 0 Å². The Kier molecular flexibility index (Phi) is 5.10. The van der Waals surface area contributed by atoms with E-state index in [1.54, 1.807) is 0 Å². The summed E-state index contributed by atoms with van der Waals surface area (Å²) < 4.78 is 6.20. The van der Waals surface area contributed by atoms with Gasteiger partial charge < -0.3 is 10.5 Å². The van der Waals surface area contributed by atoms with E-state index in [0.29, 0.717) is 12.5 Å². The average molecular weight is 201 g/mol. The van der Waals surface area contributed by atoms with Gasteiger partial charge in [0.1, 0.15) is 0 Å². The van der Waals surface area contributed by atoms with Crippen LogP contribution >= 0.6 is 0 Å². The molecule has 0 bridgehead atoms. The highest BCUT2D eigenvalue weighted by atomic mass is 16.5. The summed E-state index contributed by atoms with van der Waals surface area (Å²) in [6.45, 7) is 13.7. The van der Waals surface area contributed by atoms with Crippen LogP contribution in [0.5, 0.6) is 0 Å². The smallest absolute Gasteiger partial charge is 0.0671 e. The third-order valence-electron chi connectivity index (χ3n) is 3.32. The molecule has 0 spiro atoms. The van der Waals surface area contributed by atoms with Gasteiger partial charge in [0.05, 0.1) is 11.2 Å². The number of rotatable bonds is 6. The number of hydrogen-bond donors (Lipinski definition) is 1. The lowest BCUT2D eigenvalue weighted by Gasteiger charge is -2.40. The van der Waals surface area contributed by atoms with E-state index in [9.17, 15) is 0 Å². The summed E-state index contributed by atoms with van der Waals surface area (Å²) in [7, 11) is 0. The van der Waals surface area contributed by atoms with Crippen molar-refractivity contribution in [3.05, 3.63) is 0 Å². The van der Waals surface area contributed by atoms with Crippen LogP contribution in [0.1, 0.15) is 54.4 Å². The molecule has 14 heavy (non-hydrogen) atoms. The lowest BCUT2D eigenvalue weighted by Crippen LogP contribution is -2.43. The van der Waals surface area contributed by atoms with Crippen LogP contribution in [0.25, 0.3) is 0 Å². The van der Waals surface area contributed by atoms with Crippen molar-refractivity contribution < 1.29 is 4.74 Å². The first-order chi connectivity index (χ1) is 6.27. The topological polar surface area (TPSA) is 35.2 Å². The van der Waals surface area contributed by atoms with Gasteiger partial charge in [-0.3, -0.25) is 0 Å². The van der Waals surface area contributed by atoms with Crippen LogP contribution in [-0.2, 0) is 4.74 Å². The number of nitrogens with two attached hydrogens (primary N) is 1. The zero-order valence-electron chi connectivity index (χ0n) is 10.7. The minimum atomic E-state index is -0.0695. The fourth-order valence-electron chi connectivity index (χ4n) is 1.36. The van der Waals surface area contributed by atoms with Crippen LogP contribution in [0.4, 0.5) is 0 Å². The van der Waals surface area contributed by atoms with Gasteiger partial charge in [-0.1, -0.05) is 20.8 Å². The predicted octanol–water partition coefficient (Wildman–Crippen LogP) is 2.96. The molecule has 86 valence electrons. The molecular formula is C12H27NO. The summed E-state index contributed by atoms with van der Waals surface area (Å²) in [4.78, 5) is 0. The van der Waals surface area contributed by atoms with Crippen molar-refractivity contribution in [1.82, 2.24) is 0 Å². The van der Waals surface area contributed by atoms with Gasteiger partial charge in [-0.05, 0) is 46.1 Å². The third kappa shape index (κ3) is 3.97. The predicted molar refractivity (Wildman–Crippen MR) is 62.4 cm³/mol. The fraction of sp³-hybridized carbons (Fsp3) is 1.00. The first kappa shape index (κ1) is 13.9. The molecule has 0 heterocycles. The van der Waals surface area contributed by atoms with Crippen molar-refractivity contribution >= 4 is 0 Å². The van der Waals surface area contributed by atoms with Gasteiger partial charge in [-0.25, -0.2) is 0 Å². The molecule has 0 saturated carbocycles. The van der Waals surface area contributed by atoms with Crippen LogP contribution in [0, 0.1) is 5.92 Å². The van der Waals surface area contributed by atoms with Crippen molar-refractivity contribution in [2.45, 2.75) is 65.6 Å². The van der Waals surface area contributed by atoms with Crippen LogP contribution in [0.2, 0.25) is 0 Å². The fourth-order valence-corrected chi connectivity index (χ4v) is 1.36. The summed E-state index contributed by atoms with van der Waals surface area (Å²) in [5, 5.41) is 0. The van der Waals surface area contributed by atoms with E-state index in [0.717, 1.165) is 12.8 Å². The molecule has 0 aromatic heterocycles. The first-order valence-electron chi connectivity index (χ1n) is 5.67. The summed E-state index contributed by atoms with van der Waals surface area (Å²) in [6.07, 6.45) is 1.94. The molecule has 0 radical (unpaired) electrons. The van der Waals surface area contributed by atoms with Crippen molar-refractivity contribution in [2.75, 3.05) is 6.54 Å². The quantitative estimate of drug-likeness (QED) is 0.717. The highest BCUT2D eigenvalue weighted by molar-refractivity contribution is 4.82. The average Bonchev–Trinajstić information content (AvgIpc) is 2.03. The monoisotopic (exact) mass is 201 g/mol. The van der Waals surface area contributed by atoms with Crippen LogP contribution in [0.15, 0.2) is 0 Å². The van der Waals surface area contributed by atoms with Gasteiger partial charge in [0.2, 0.25) is 0 Å². The maximum Gasteiger partial charge on any atom is 0.0671 e. The van der Waals surface area contributed by atoms with Crippen LogP contribution in [-0.4, -0.2) is 17.7 Å². The molecule has 0 fully saturated rings. The lowest BCUT2D eigenvalue weighted by atomic mass is 9.91. The Balaban J connectivity index is 4.44. The lowest BCUT2D eigenvalue weighted by molar-refractivity contribution is -0.155. The van der Waals surface area contributed by atoms with E-state index in [-0.39, 0.29) is 11.2 Å². The third-order valence-corrected chi connectivity index (χ3v) is 3.32. The van der Waals surface area contributed by atoms with E-state index in [4.69, 9.17) is 10.5 Å². The van der Waals surface area contributed by atoms with E-state index < -0.39 is 0 Å². The van der Waals surface area contributed by atoms with Gasteiger partial charge in [0.25, 0.3) is 0 Å². The van der Waals surface area contributed by atoms with E-state index in [1.165, 1.54) is 0 Å². The zero-order valence-corrected chi connectivity index (χ0v) is 10.7. The Hall–Kier alpha value is -0.0800. The summed E-state index contributed by atoms with van der Waals surface area (Å²) >= 11 is 0.